The lowest BCUT2D eigenvalue weighted by Gasteiger charge is -2.34. The Kier molecular flexibility index (Phi) is 7.31. The molecule has 0 spiro atoms. The second-order valence-electron chi connectivity index (χ2n) is 10.9. The van der Waals surface area contributed by atoms with E-state index in [1.54, 1.807) is 36.4 Å². The molecule has 46 heavy (non-hydrogen) atoms. The Bertz CT molecular complexity index is 2000. The van der Waals surface area contributed by atoms with Crippen molar-refractivity contribution in [3.05, 3.63) is 179 Å². The third-order valence-electron chi connectivity index (χ3n) is 8.38. The minimum atomic E-state index is -0.979. The van der Waals surface area contributed by atoms with Gasteiger partial charge < -0.3 is 19.3 Å². The van der Waals surface area contributed by atoms with E-state index < -0.39 is 17.4 Å². The highest BCUT2D eigenvalue weighted by Crippen LogP contribution is 2.56. The van der Waals surface area contributed by atoms with Crippen LogP contribution in [0.25, 0.3) is 11.1 Å². The number of ether oxygens (including phenoxy) is 3. The molecule has 0 saturated carbocycles. The summed E-state index contributed by atoms with van der Waals surface area (Å²) in [6.07, 6.45) is 0. The van der Waals surface area contributed by atoms with E-state index in [1.165, 1.54) is 41.5 Å². The molecule has 0 fully saturated rings. The van der Waals surface area contributed by atoms with Crippen molar-refractivity contribution in [2.24, 2.45) is 0 Å². The molecule has 0 saturated heterocycles. The van der Waals surface area contributed by atoms with Gasteiger partial charge in [-0.2, -0.15) is 0 Å². The number of carboxylic acids is 1. The third-order valence-corrected chi connectivity index (χ3v) is 8.38. The Morgan fingerprint density at radius 1 is 0.500 bits per heavy atom. The number of rotatable bonds is 8. The minimum Gasteiger partial charge on any atom is -0.478 e. The number of carboxylic acid groups (broad SMARTS) is 1. The van der Waals surface area contributed by atoms with Gasteiger partial charge in [0.05, 0.1) is 23.7 Å². The SMILES string of the molecule is COC(=O)c1ccc(Oc2ccc(C3(c4ccc(Oc5ccc(C(=O)O)cc5)cc4)c4ccccc4-c4ccccc43)cc2)cc1. The van der Waals surface area contributed by atoms with Crippen molar-refractivity contribution in [3.63, 3.8) is 0 Å². The van der Waals surface area contributed by atoms with Crippen LogP contribution < -0.4 is 9.47 Å². The zero-order valence-electron chi connectivity index (χ0n) is 24.8. The summed E-state index contributed by atoms with van der Waals surface area (Å²) in [6, 6.07) is 46.4. The van der Waals surface area contributed by atoms with Gasteiger partial charge >= 0.3 is 11.9 Å². The predicted octanol–water partition coefficient (Wildman–Crippen LogP) is 9.12. The molecule has 0 radical (unpaired) electrons. The van der Waals surface area contributed by atoms with E-state index in [-0.39, 0.29) is 5.56 Å². The maximum Gasteiger partial charge on any atom is 0.337 e. The first-order valence-electron chi connectivity index (χ1n) is 14.8. The Labute approximate surface area is 266 Å². The van der Waals surface area contributed by atoms with E-state index in [0.717, 1.165) is 11.1 Å². The maximum atomic E-state index is 11.8. The highest BCUT2D eigenvalue weighted by atomic mass is 16.5. The van der Waals surface area contributed by atoms with Crippen molar-refractivity contribution in [2.45, 2.75) is 5.41 Å². The van der Waals surface area contributed by atoms with E-state index in [0.29, 0.717) is 28.6 Å². The number of esters is 1. The molecule has 0 unspecified atom stereocenters. The summed E-state index contributed by atoms with van der Waals surface area (Å²) < 4.78 is 17.0. The summed E-state index contributed by atoms with van der Waals surface area (Å²) in [5.74, 6) is 1.10. The van der Waals surface area contributed by atoms with Crippen molar-refractivity contribution in [3.8, 4) is 34.1 Å². The highest BCUT2D eigenvalue weighted by molar-refractivity contribution is 5.89. The van der Waals surface area contributed by atoms with Gasteiger partial charge in [-0.25, -0.2) is 9.59 Å². The maximum absolute atomic E-state index is 11.8. The summed E-state index contributed by atoms with van der Waals surface area (Å²) in [5, 5.41) is 9.21. The Morgan fingerprint density at radius 2 is 0.870 bits per heavy atom. The average molecular weight is 605 g/mol. The van der Waals surface area contributed by atoms with Gasteiger partial charge in [0.15, 0.2) is 0 Å². The molecule has 1 N–H and O–H groups in total. The molecule has 0 heterocycles. The predicted molar refractivity (Wildman–Crippen MR) is 175 cm³/mol. The third kappa shape index (κ3) is 4.96. The van der Waals surface area contributed by atoms with Gasteiger partial charge in [-0.1, -0.05) is 72.8 Å². The van der Waals surface area contributed by atoms with E-state index in [2.05, 4.69) is 72.8 Å². The van der Waals surface area contributed by atoms with Gasteiger partial charge in [0.25, 0.3) is 0 Å². The average Bonchev–Trinajstić information content (AvgIpc) is 3.40. The minimum absolute atomic E-state index is 0.205. The summed E-state index contributed by atoms with van der Waals surface area (Å²) in [7, 11) is 1.36. The Hall–Kier alpha value is -6.14. The number of carbonyl (C=O) groups excluding carboxylic acids is 1. The molecular weight excluding hydrogens is 576 g/mol. The smallest absolute Gasteiger partial charge is 0.337 e. The van der Waals surface area contributed by atoms with Crippen LogP contribution in [0.15, 0.2) is 146 Å². The van der Waals surface area contributed by atoms with E-state index >= 15 is 0 Å². The molecule has 6 aromatic carbocycles. The molecule has 1 aliphatic carbocycles. The summed E-state index contributed by atoms with van der Waals surface area (Å²) in [5.41, 5.74) is 6.94. The van der Waals surface area contributed by atoms with Gasteiger partial charge in [-0.15, -0.1) is 0 Å². The number of hydrogen-bond acceptors (Lipinski definition) is 5. The summed E-state index contributed by atoms with van der Waals surface area (Å²) in [6.45, 7) is 0. The second-order valence-corrected chi connectivity index (χ2v) is 10.9. The molecule has 6 nitrogen and oxygen atoms in total. The zero-order chi connectivity index (χ0) is 31.7. The zero-order valence-corrected chi connectivity index (χ0v) is 24.8. The van der Waals surface area contributed by atoms with Crippen LogP contribution in [-0.4, -0.2) is 24.2 Å². The lowest BCUT2D eigenvalue weighted by Crippen LogP contribution is -2.28. The normalized spacial score (nSPS) is 12.5. The molecule has 1 aliphatic rings. The fourth-order valence-corrected chi connectivity index (χ4v) is 6.28. The van der Waals surface area contributed by atoms with Gasteiger partial charge in [0.1, 0.15) is 23.0 Å². The van der Waals surface area contributed by atoms with Crippen LogP contribution in [-0.2, 0) is 10.2 Å². The Balaban J connectivity index is 1.27. The second kappa shape index (κ2) is 11.7. The number of carbonyl (C=O) groups is 2. The summed E-state index contributed by atoms with van der Waals surface area (Å²) >= 11 is 0. The molecule has 224 valence electrons. The molecule has 0 aliphatic heterocycles. The van der Waals surface area contributed by atoms with E-state index in [4.69, 9.17) is 14.2 Å². The van der Waals surface area contributed by atoms with Crippen molar-refractivity contribution in [1.82, 2.24) is 0 Å². The Morgan fingerprint density at radius 3 is 1.26 bits per heavy atom. The van der Waals surface area contributed by atoms with Crippen molar-refractivity contribution < 1.29 is 28.9 Å². The van der Waals surface area contributed by atoms with Crippen LogP contribution in [0.4, 0.5) is 0 Å². The van der Waals surface area contributed by atoms with Gasteiger partial charge in [-0.05, 0) is 106 Å². The van der Waals surface area contributed by atoms with Crippen LogP contribution >= 0.6 is 0 Å². The number of benzene rings is 6. The molecular formula is C40H28O6. The van der Waals surface area contributed by atoms with Crippen LogP contribution in [0, 0.1) is 0 Å². The monoisotopic (exact) mass is 604 g/mol. The van der Waals surface area contributed by atoms with Crippen molar-refractivity contribution in [1.29, 1.82) is 0 Å². The molecule has 7 rings (SSSR count). The van der Waals surface area contributed by atoms with Crippen LogP contribution in [0.3, 0.4) is 0 Å². The number of aromatic carboxylic acids is 1. The molecule has 0 amide bonds. The molecule has 0 aromatic heterocycles. The van der Waals surface area contributed by atoms with Gasteiger partial charge in [0.2, 0.25) is 0 Å². The first-order valence-corrected chi connectivity index (χ1v) is 14.8. The number of methoxy groups -OCH3 is 1. The van der Waals surface area contributed by atoms with Crippen molar-refractivity contribution >= 4 is 11.9 Å². The first-order chi connectivity index (χ1) is 22.5. The fourth-order valence-electron chi connectivity index (χ4n) is 6.28. The van der Waals surface area contributed by atoms with E-state index in [9.17, 15) is 14.7 Å². The van der Waals surface area contributed by atoms with Gasteiger partial charge in [0, 0.05) is 0 Å². The number of hydrogen-bond donors (Lipinski definition) is 1. The molecule has 6 heteroatoms. The molecule has 0 atom stereocenters. The standard InChI is InChI=1S/C40H28O6/c1-44-39(43)27-12-20-31(21-13-27)46-33-24-16-29(17-25-33)40(36-8-4-2-6-34(36)35-7-3-5-9-37(35)40)28-14-22-32(23-15-28)45-30-18-10-26(11-19-30)38(41)42/h2-25H,1H3,(H,41,42). The molecule has 6 aromatic rings. The largest absolute Gasteiger partial charge is 0.478 e. The highest BCUT2D eigenvalue weighted by Gasteiger charge is 2.45. The van der Waals surface area contributed by atoms with E-state index in [1.807, 2.05) is 24.3 Å². The number of fused-ring (bicyclic) bond motifs is 3. The fraction of sp³-hybridized carbons (Fsp3) is 0.0500. The van der Waals surface area contributed by atoms with Crippen LogP contribution in [0.5, 0.6) is 23.0 Å². The summed E-state index contributed by atoms with van der Waals surface area (Å²) in [4.78, 5) is 23.0. The quantitative estimate of drug-likeness (QED) is 0.174. The van der Waals surface area contributed by atoms with Crippen molar-refractivity contribution in [2.75, 3.05) is 7.11 Å². The first kappa shape index (κ1) is 28.6. The van der Waals surface area contributed by atoms with Crippen LogP contribution in [0.2, 0.25) is 0 Å². The lowest BCUT2D eigenvalue weighted by molar-refractivity contribution is 0.0599. The molecule has 0 bridgehead atoms. The van der Waals surface area contributed by atoms with Crippen LogP contribution in [0.1, 0.15) is 43.0 Å². The topological polar surface area (TPSA) is 82.1 Å². The van der Waals surface area contributed by atoms with Gasteiger partial charge in [-0.3, -0.25) is 0 Å². The lowest BCUT2D eigenvalue weighted by atomic mass is 9.68.